The van der Waals surface area contributed by atoms with Gasteiger partial charge in [-0.15, -0.1) is 0 Å². The lowest BCUT2D eigenvalue weighted by Gasteiger charge is -2.16. The van der Waals surface area contributed by atoms with Gasteiger partial charge in [-0.1, -0.05) is 0 Å². The van der Waals surface area contributed by atoms with Crippen LogP contribution in [-0.4, -0.2) is 51.3 Å². The standard InChI is InChI=1S/C21H25BFN2O5S/c1-25(2)13-15-11-16(4-9-20(15)31(28,29)18-6-7-18)24-21(26)10-3-14-12-17(30-22-27)5-8-19(14)23/h4-5,8-9,11-12,18,27H,3,6-7,10,13H2,1-2H3,(H,24,26). The molecule has 7 nitrogen and oxygen atoms in total. The number of anilines is 1. The minimum absolute atomic E-state index is 0.0222. The number of nitrogens with zero attached hydrogens (tertiary/aromatic N) is 1. The van der Waals surface area contributed by atoms with Crippen molar-refractivity contribution in [2.24, 2.45) is 0 Å². The first-order valence-corrected chi connectivity index (χ1v) is 11.5. The van der Waals surface area contributed by atoms with Gasteiger partial charge in [-0.05, 0) is 80.9 Å². The van der Waals surface area contributed by atoms with E-state index >= 15 is 0 Å². The number of sulfone groups is 1. The Balaban J connectivity index is 1.70. The number of nitrogens with one attached hydrogen (secondary N) is 1. The van der Waals surface area contributed by atoms with Crippen LogP contribution in [-0.2, 0) is 27.6 Å². The average Bonchev–Trinajstić information content (AvgIpc) is 3.54. The Morgan fingerprint density at radius 3 is 2.61 bits per heavy atom. The molecule has 1 aliphatic rings. The highest BCUT2D eigenvalue weighted by atomic mass is 32.2. The molecular weight excluding hydrogens is 422 g/mol. The van der Waals surface area contributed by atoms with Crippen LogP contribution >= 0.6 is 0 Å². The fourth-order valence-electron chi connectivity index (χ4n) is 3.31. The van der Waals surface area contributed by atoms with Crippen molar-refractivity contribution in [2.45, 2.75) is 42.4 Å². The van der Waals surface area contributed by atoms with E-state index in [9.17, 15) is 17.6 Å². The first-order valence-electron chi connectivity index (χ1n) is 9.93. The van der Waals surface area contributed by atoms with Crippen molar-refractivity contribution in [2.75, 3.05) is 19.4 Å². The fourth-order valence-corrected chi connectivity index (χ4v) is 5.17. The van der Waals surface area contributed by atoms with Crippen molar-refractivity contribution in [1.82, 2.24) is 4.90 Å². The van der Waals surface area contributed by atoms with E-state index in [0.717, 1.165) is 0 Å². The third-order valence-electron chi connectivity index (χ3n) is 4.93. The van der Waals surface area contributed by atoms with E-state index in [0.29, 0.717) is 43.2 Å². The second-order valence-electron chi connectivity index (χ2n) is 7.83. The van der Waals surface area contributed by atoms with Crippen LogP contribution in [0, 0.1) is 5.82 Å². The van der Waals surface area contributed by atoms with Crippen molar-refractivity contribution < 1.29 is 27.3 Å². The molecule has 0 unspecified atom stereocenters. The van der Waals surface area contributed by atoms with E-state index in [-0.39, 0.29) is 35.3 Å². The number of halogens is 1. The lowest BCUT2D eigenvalue weighted by molar-refractivity contribution is -0.116. The predicted octanol–water partition coefficient (Wildman–Crippen LogP) is 2.30. The van der Waals surface area contributed by atoms with Crippen molar-refractivity contribution in [3.63, 3.8) is 0 Å². The van der Waals surface area contributed by atoms with Crippen molar-refractivity contribution in [3.05, 3.63) is 53.3 Å². The monoisotopic (exact) mass is 447 g/mol. The van der Waals surface area contributed by atoms with Crippen LogP contribution in [0.25, 0.3) is 0 Å². The smallest absolute Gasteiger partial charge is 0.537 e. The summed E-state index contributed by atoms with van der Waals surface area (Å²) in [6.07, 6.45) is 1.52. The Morgan fingerprint density at radius 2 is 1.97 bits per heavy atom. The largest absolute Gasteiger partial charge is 0.569 e. The van der Waals surface area contributed by atoms with Crippen LogP contribution in [0.4, 0.5) is 10.1 Å². The highest BCUT2D eigenvalue weighted by Gasteiger charge is 2.38. The summed E-state index contributed by atoms with van der Waals surface area (Å²) >= 11 is 0. The SMILES string of the molecule is CN(C)Cc1cc(NC(=O)CCc2cc(O[B]O)ccc2F)ccc1S(=O)(=O)C1CC1. The lowest BCUT2D eigenvalue weighted by Crippen LogP contribution is -2.18. The summed E-state index contributed by atoms with van der Waals surface area (Å²) in [5.41, 5.74) is 1.41. The Hall–Kier alpha value is -2.43. The maximum atomic E-state index is 14.0. The molecule has 2 N–H and O–H groups in total. The summed E-state index contributed by atoms with van der Waals surface area (Å²) in [6, 6.07) is 8.81. The number of carbonyl (C=O) groups is 1. The van der Waals surface area contributed by atoms with Gasteiger partial charge in [0.25, 0.3) is 0 Å². The third kappa shape index (κ3) is 6.06. The number of aryl methyl sites for hydroxylation is 1. The molecule has 1 aliphatic carbocycles. The Labute approximate surface area is 182 Å². The maximum Gasteiger partial charge on any atom is 0.569 e. The Bertz CT molecular complexity index is 1060. The van der Waals surface area contributed by atoms with Gasteiger partial charge in [-0.2, -0.15) is 0 Å². The molecule has 0 bridgehead atoms. The van der Waals surface area contributed by atoms with Gasteiger partial charge in [-0.25, -0.2) is 12.8 Å². The Morgan fingerprint density at radius 1 is 1.23 bits per heavy atom. The number of hydrogen-bond acceptors (Lipinski definition) is 6. The molecule has 0 heterocycles. The highest BCUT2D eigenvalue weighted by molar-refractivity contribution is 7.92. The molecule has 1 amide bonds. The quantitative estimate of drug-likeness (QED) is 0.543. The van der Waals surface area contributed by atoms with Gasteiger partial charge < -0.3 is 19.9 Å². The minimum Gasteiger partial charge on any atom is -0.537 e. The molecule has 2 aromatic rings. The maximum absolute atomic E-state index is 14.0. The van der Waals surface area contributed by atoms with E-state index in [1.54, 1.807) is 18.2 Å². The molecule has 0 saturated heterocycles. The fraction of sp³-hybridized carbons (Fsp3) is 0.381. The van der Waals surface area contributed by atoms with Crippen LogP contribution < -0.4 is 9.97 Å². The number of carbonyl (C=O) groups excluding carboxylic acids is 1. The van der Waals surface area contributed by atoms with Gasteiger partial charge in [0.2, 0.25) is 5.91 Å². The summed E-state index contributed by atoms with van der Waals surface area (Å²) in [6.45, 7) is 0.422. The van der Waals surface area contributed by atoms with Gasteiger partial charge >= 0.3 is 7.69 Å². The second kappa shape index (κ2) is 9.80. The molecular formula is C21H25BFN2O5S. The van der Waals surface area contributed by atoms with E-state index in [4.69, 9.17) is 9.68 Å². The Kier molecular flexibility index (Phi) is 7.35. The lowest BCUT2D eigenvalue weighted by atomic mass is 10.1. The predicted molar refractivity (Wildman–Crippen MR) is 116 cm³/mol. The average molecular weight is 447 g/mol. The second-order valence-corrected chi connectivity index (χ2v) is 10.0. The molecule has 165 valence electrons. The van der Waals surface area contributed by atoms with E-state index in [1.807, 2.05) is 19.0 Å². The first-order chi connectivity index (χ1) is 14.7. The number of hydrogen-bond donors (Lipinski definition) is 2. The molecule has 31 heavy (non-hydrogen) atoms. The zero-order valence-corrected chi connectivity index (χ0v) is 18.3. The number of rotatable bonds is 10. The summed E-state index contributed by atoms with van der Waals surface area (Å²) in [7, 11) is 0.836. The summed E-state index contributed by atoms with van der Waals surface area (Å²) < 4.78 is 44.2. The number of amides is 1. The highest BCUT2D eigenvalue weighted by Crippen LogP contribution is 2.36. The van der Waals surface area contributed by atoms with Crippen LogP contribution in [0.1, 0.15) is 30.4 Å². The normalized spacial score (nSPS) is 13.8. The molecule has 0 spiro atoms. The van der Waals surface area contributed by atoms with Gasteiger partial charge in [0.15, 0.2) is 9.84 Å². The topological polar surface area (TPSA) is 95.9 Å². The molecule has 1 fully saturated rings. The molecule has 10 heteroatoms. The summed E-state index contributed by atoms with van der Waals surface area (Å²) in [5, 5.41) is 11.1. The van der Waals surface area contributed by atoms with Gasteiger partial charge in [0, 0.05) is 18.7 Å². The van der Waals surface area contributed by atoms with Crippen LogP contribution in [0.15, 0.2) is 41.3 Å². The summed E-state index contributed by atoms with van der Waals surface area (Å²) in [5.74, 6) is -0.533. The van der Waals surface area contributed by atoms with Crippen LogP contribution in [0.3, 0.4) is 0 Å². The minimum atomic E-state index is -3.36. The van der Waals surface area contributed by atoms with Crippen LogP contribution in [0.5, 0.6) is 5.75 Å². The van der Waals surface area contributed by atoms with Gasteiger partial charge in [0.1, 0.15) is 11.6 Å². The van der Waals surface area contributed by atoms with Crippen molar-refractivity contribution in [3.8, 4) is 5.75 Å². The zero-order chi connectivity index (χ0) is 22.6. The van der Waals surface area contributed by atoms with E-state index in [2.05, 4.69) is 5.32 Å². The van der Waals surface area contributed by atoms with Gasteiger partial charge in [-0.3, -0.25) is 4.79 Å². The molecule has 0 aliphatic heterocycles. The van der Waals surface area contributed by atoms with Crippen molar-refractivity contribution >= 4 is 29.1 Å². The van der Waals surface area contributed by atoms with E-state index < -0.39 is 15.7 Å². The zero-order valence-electron chi connectivity index (χ0n) is 17.5. The summed E-state index contributed by atoms with van der Waals surface area (Å²) in [4.78, 5) is 14.6. The molecule has 1 radical (unpaired) electrons. The first kappa shape index (κ1) is 23.2. The molecule has 0 aromatic heterocycles. The number of benzene rings is 2. The molecule has 0 atom stereocenters. The molecule has 3 rings (SSSR count). The molecule has 2 aromatic carbocycles. The van der Waals surface area contributed by atoms with Gasteiger partial charge in [0.05, 0.1) is 10.1 Å². The van der Waals surface area contributed by atoms with E-state index in [1.165, 1.54) is 18.2 Å². The van der Waals surface area contributed by atoms with Crippen molar-refractivity contribution in [1.29, 1.82) is 0 Å². The van der Waals surface area contributed by atoms with Crippen LogP contribution in [0.2, 0.25) is 0 Å². The third-order valence-corrected chi connectivity index (χ3v) is 7.29. The molecule has 1 saturated carbocycles.